The maximum absolute atomic E-state index is 11.3. The van der Waals surface area contributed by atoms with E-state index in [2.05, 4.69) is 11.9 Å². The molecule has 4 nitrogen and oxygen atoms in total. The number of rotatable bonds is 7. The monoisotopic (exact) mass is 198 g/mol. The second-order valence-corrected chi connectivity index (χ2v) is 3.60. The van der Waals surface area contributed by atoms with Gasteiger partial charge in [-0.05, 0) is 19.3 Å². The van der Waals surface area contributed by atoms with Gasteiger partial charge in [-0.25, -0.2) is 0 Å². The molecule has 0 atom stereocenters. The summed E-state index contributed by atoms with van der Waals surface area (Å²) in [7, 11) is 0. The van der Waals surface area contributed by atoms with Crippen LogP contribution in [0.3, 0.4) is 0 Å². The molecule has 3 N–H and O–H groups in total. The smallest absolute Gasteiger partial charge is 0.240 e. The molecule has 0 aromatic rings. The Morgan fingerprint density at radius 2 is 2.29 bits per heavy atom. The van der Waals surface area contributed by atoms with E-state index in [1.165, 1.54) is 0 Å². The first-order valence-corrected chi connectivity index (χ1v) is 4.95. The van der Waals surface area contributed by atoms with Crippen molar-refractivity contribution in [3.05, 3.63) is 12.7 Å². The van der Waals surface area contributed by atoms with Crippen molar-refractivity contribution in [2.24, 2.45) is 5.73 Å². The highest BCUT2D eigenvalue weighted by atomic mass is 16.5. The van der Waals surface area contributed by atoms with Gasteiger partial charge in [0.2, 0.25) is 5.91 Å². The van der Waals surface area contributed by atoms with Gasteiger partial charge in [-0.2, -0.15) is 0 Å². The summed E-state index contributed by atoms with van der Waals surface area (Å²) in [5.41, 5.74) is 5.12. The van der Waals surface area contributed by atoms with E-state index in [4.69, 9.17) is 10.5 Å². The molecular formula is C10H18N2O2. The molecule has 1 rings (SSSR count). The summed E-state index contributed by atoms with van der Waals surface area (Å²) < 4.78 is 5.23. The highest BCUT2D eigenvalue weighted by Gasteiger charge is 2.45. The van der Waals surface area contributed by atoms with Crippen LogP contribution in [-0.4, -0.2) is 31.2 Å². The lowest BCUT2D eigenvalue weighted by atomic mass is 10.3. The Hall–Kier alpha value is -0.870. The molecule has 0 aliphatic heterocycles. The minimum Gasteiger partial charge on any atom is -0.379 e. The summed E-state index contributed by atoms with van der Waals surface area (Å²) in [6.07, 6.45) is 4.25. The van der Waals surface area contributed by atoms with E-state index < -0.39 is 5.54 Å². The molecule has 1 aliphatic carbocycles. The predicted molar refractivity (Wildman–Crippen MR) is 54.8 cm³/mol. The maximum Gasteiger partial charge on any atom is 0.240 e. The summed E-state index contributed by atoms with van der Waals surface area (Å²) in [4.78, 5) is 11.3. The standard InChI is InChI=1S/C10H18N2O2/c1-2-3-7-14-8-6-12-9(13)10(11)4-5-10/h2H,1,3-8,11H2,(H,12,13). The molecule has 0 saturated heterocycles. The van der Waals surface area contributed by atoms with Gasteiger partial charge in [0.05, 0.1) is 18.8 Å². The van der Waals surface area contributed by atoms with Crippen LogP contribution in [0.5, 0.6) is 0 Å². The van der Waals surface area contributed by atoms with Gasteiger partial charge in [0, 0.05) is 6.54 Å². The zero-order chi connectivity index (χ0) is 10.4. The number of carbonyl (C=O) groups is 1. The third-order valence-electron chi connectivity index (χ3n) is 2.24. The number of carbonyl (C=O) groups excluding carboxylic acids is 1. The van der Waals surface area contributed by atoms with E-state index in [0.29, 0.717) is 19.8 Å². The molecule has 1 saturated carbocycles. The van der Waals surface area contributed by atoms with Gasteiger partial charge in [-0.15, -0.1) is 6.58 Å². The molecule has 0 bridgehead atoms. The van der Waals surface area contributed by atoms with Crippen LogP contribution in [0.1, 0.15) is 19.3 Å². The molecule has 0 aromatic carbocycles. The molecule has 1 fully saturated rings. The summed E-state index contributed by atoms with van der Waals surface area (Å²) in [5.74, 6) is -0.0511. The van der Waals surface area contributed by atoms with Crippen LogP contribution in [0.2, 0.25) is 0 Å². The Morgan fingerprint density at radius 1 is 1.57 bits per heavy atom. The normalized spacial score (nSPS) is 17.5. The van der Waals surface area contributed by atoms with E-state index in [1.807, 2.05) is 0 Å². The Morgan fingerprint density at radius 3 is 2.86 bits per heavy atom. The molecule has 80 valence electrons. The first-order valence-electron chi connectivity index (χ1n) is 4.95. The number of ether oxygens (including phenoxy) is 1. The minimum atomic E-state index is -0.568. The number of hydrogen-bond donors (Lipinski definition) is 2. The molecule has 0 radical (unpaired) electrons. The van der Waals surface area contributed by atoms with Crippen molar-refractivity contribution >= 4 is 5.91 Å². The van der Waals surface area contributed by atoms with Crippen LogP contribution in [-0.2, 0) is 9.53 Å². The predicted octanol–water partition coefficient (Wildman–Crippen LogP) is 0.187. The van der Waals surface area contributed by atoms with Crippen molar-refractivity contribution in [3.8, 4) is 0 Å². The van der Waals surface area contributed by atoms with E-state index in [-0.39, 0.29) is 5.91 Å². The van der Waals surface area contributed by atoms with E-state index in [9.17, 15) is 4.79 Å². The molecule has 4 heteroatoms. The minimum absolute atomic E-state index is 0.0511. The van der Waals surface area contributed by atoms with Gasteiger partial charge < -0.3 is 15.8 Å². The third kappa shape index (κ3) is 3.47. The van der Waals surface area contributed by atoms with Crippen LogP contribution in [0, 0.1) is 0 Å². The average Bonchev–Trinajstić information content (AvgIpc) is 2.91. The Bertz CT molecular complexity index is 212. The molecule has 0 heterocycles. The van der Waals surface area contributed by atoms with Crippen molar-refractivity contribution in [1.29, 1.82) is 0 Å². The fourth-order valence-corrected chi connectivity index (χ4v) is 1.04. The van der Waals surface area contributed by atoms with Crippen molar-refractivity contribution < 1.29 is 9.53 Å². The molecule has 0 spiro atoms. The van der Waals surface area contributed by atoms with Crippen molar-refractivity contribution in [2.45, 2.75) is 24.8 Å². The lowest BCUT2D eigenvalue weighted by Gasteiger charge is -2.09. The highest BCUT2D eigenvalue weighted by molar-refractivity contribution is 5.88. The quantitative estimate of drug-likeness (QED) is 0.453. The molecule has 0 unspecified atom stereocenters. The van der Waals surface area contributed by atoms with Crippen LogP contribution < -0.4 is 11.1 Å². The summed E-state index contributed by atoms with van der Waals surface area (Å²) in [6, 6.07) is 0. The van der Waals surface area contributed by atoms with Crippen LogP contribution in [0.15, 0.2) is 12.7 Å². The van der Waals surface area contributed by atoms with Crippen LogP contribution in [0.4, 0.5) is 0 Å². The SMILES string of the molecule is C=CCCOCCNC(=O)C1(N)CC1. The van der Waals surface area contributed by atoms with Gasteiger partial charge in [-0.3, -0.25) is 4.79 Å². The van der Waals surface area contributed by atoms with Crippen LogP contribution in [0.25, 0.3) is 0 Å². The maximum atomic E-state index is 11.3. The summed E-state index contributed by atoms with van der Waals surface area (Å²) in [5, 5.41) is 2.75. The second-order valence-electron chi connectivity index (χ2n) is 3.60. The fraction of sp³-hybridized carbons (Fsp3) is 0.700. The Balaban J connectivity index is 1.93. The Labute approximate surface area is 84.5 Å². The van der Waals surface area contributed by atoms with Gasteiger partial charge in [0.1, 0.15) is 0 Å². The molecule has 14 heavy (non-hydrogen) atoms. The fourth-order valence-electron chi connectivity index (χ4n) is 1.04. The van der Waals surface area contributed by atoms with Crippen molar-refractivity contribution in [1.82, 2.24) is 5.32 Å². The molecular weight excluding hydrogens is 180 g/mol. The van der Waals surface area contributed by atoms with Gasteiger partial charge in [-0.1, -0.05) is 6.08 Å². The topological polar surface area (TPSA) is 64.3 Å². The summed E-state index contributed by atoms with van der Waals surface area (Å²) >= 11 is 0. The van der Waals surface area contributed by atoms with Gasteiger partial charge in [0.25, 0.3) is 0 Å². The van der Waals surface area contributed by atoms with Crippen LogP contribution >= 0.6 is 0 Å². The number of nitrogens with two attached hydrogens (primary N) is 1. The highest BCUT2D eigenvalue weighted by Crippen LogP contribution is 2.31. The average molecular weight is 198 g/mol. The largest absolute Gasteiger partial charge is 0.379 e. The van der Waals surface area contributed by atoms with E-state index in [0.717, 1.165) is 19.3 Å². The van der Waals surface area contributed by atoms with Crippen molar-refractivity contribution in [3.63, 3.8) is 0 Å². The first-order chi connectivity index (χ1) is 6.69. The number of hydrogen-bond acceptors (Lipinski definition) is 3. The Kier molecular flexibility index (Phi) is 4.10. The van der Waals surface area contributed by atoms with Gasteiger partial charge in [0.15, 0.2) is 0 Å². The van der Waals surface area contributed by atoms with Gasteiger partial charge >= 0.3 is 0 Å². The third-order valence-corrected chi connectivity index (χ3v) is 2.24. The first kappa shape index (κ1) is 11.2. The van der Waals surface area contributed by atoms with E-state index >= 15 is 0 Å². The van der Waals surface area contributed by atoms with Crippen molar-refractivity contribution in [2.75, 3.05) is 19.8 Å². The second kappa shape index (κ2) is 5.12. The molecule has 0 aromatic heterocycles. The number of amides is 1. The zero-order valence-electron chi connectivity index (χ0n) is 8.42. The number of nitrogens with one attached hydrogen (secondary N) is 1. The lowest BCUT2D eigenvalue weighted by molar-refractivity contribution is -0.123. The lowest BCUT2D eigenvalue weighted by Crippen LogP contribution is -2.43. The molecule has 1 aliphatic rings. The summed E-state index contributed by atoms with van der Waals surface area (Å²) in [6.45, 7) is 5.31. The zero-order valence-corrected chi connectivity index (χ0v) is 8.42. The van der Waals surface area contributed by atoms with E-state index in [1.54, 1.807) is 6.08 Å². The molecule has 1 amide bonds.